The van der Waals surface area contributed by atoms with E-state index in [0.717, 1.165) is 28.5 Å². The lowest BCUT2D eigenvalue weighted by Crippen LogP contribution is -2.10. The Morgan fingerprint density at radius 1 is 1.18 bits per heavy atom. The van der Waals surface area contributed by atoms with Crippen molar-refractivity contribution in [3.05, 3.63) is 63.7 Å². The normalized spacial score (nSPS) is 16.5. The third-order valence-electron chi connectivity index (χ3n) is 3.81. The molecule has 1 unspecified atom stereocenters. The Balaban J connectivity index is 2.09. The van der Waals surface area contributed by atoms with Gasteiger partial charge in [0.25, 0.3) is 0 Å². The van der Waals surface area contributed by atoms with Gasteiger partial charge in [0.15, 0.2) is 0 Å². The Bertz CT molecular complexity index is 770. The van der Waals surface area contributed by atoms with Crippen LogP contribution in [-0.2, 0) is 4.79 Å². The van der Waals surface area contributed by atoms with E-state index in [0.29, 0.717) is 16.5 Å². The van der Waals surface area contributed by atoms with E-state index in [4.69, 9.17) is 16.3 Å². The van der Waals surface area contributed by atoms with Gasteiger partial charge in [-0.15, -0.1) is 0 Å². The Morgan fingerprint density at radius 3 is 2.50 bits per heavy atom. The van der Waals surface area contributed by atoms with Gasteiger partial charge in [-0.1, -0.05) is 17.7 Å². The Labute approximate surface area is 133 Å². The zero-order valence-corrected chi connectivity index (χ0v) is 13.0. The first-order valence-corrected chi connectivity index (χ1v) is 7.32. The lowest BCUT2D eigenvalue weighted by molar-refractivity contribution is -0.108. The van der Waals surface area contributed by atoms with E-state index in [2.05, 4.69) is 0 Å². The molecule has 2 aromatic carbocycles. The van der Waals surface area contributed by atoms with E-state index in [1.165, 1.54) is 0 Å². The molecule has 0 spiro atoms. The molecule has 4 heteroatoms. The Hall–Kier alpha value is -2.26. The second-order valence-corrected chi connectivity index (χ2v) is 5.87. The van der Waals surface area contributed by atoms with Gasteiger partial charge < -0.3 is 14.6 Å². The van der Waals surface area contributed by atoms with Crippen molar-refractivity contribution in [3.8, 4) is 11.5 Å². The Kier molecular flexibility index (Phi) is 3.67. The van der Waals surface area contributed by atoms with Crippen molar-refractivity contribution in [2.45, 2.75) is 19.8 Å². The molecule has 0 aromatic heterocycles. The van der Waals surface area contributed by atoms with E-state index in [1.807, 2.05) is 26.0 Å². The van der Waals surface area contributed by atoms with Crippen LogP contribution in [0.4, 0.5) is 0 Å². The van der Waals surface area contributed by atoms with Crippen molar-refractivity contribution < 1.29 is 14.6 Å². The number of fused-ring (bicyclic) bond motifs is 1. The molecule has 2 aromatic rings. The first-order valence-electron chi connectivity index (χ1n) is 6.94. The SMILES string of the molecule is Cc1cc(C2=CC(C=O)c3ccc(Cl)cc3O2)cc(C)c1O. The lowest BCUT2D eigenvalue weighted by Gasteiger charge is -2.23. The van der Waals surface area contributed by atoms with Crippen molar-refractivity contribution >= 4 is 23.6 Å². The number of phenols is 1. The number of aldehydes is 1. The predicted octanol–water partition coefficient (Wildman–Crippen LogP) is 4.38. The molecule has 3 nitrogen and oxygen atoms in total. The standard InChI is InChI=1S/C18H15ClO3/c1-10-5-12(6-11(2)18(10)21)16-7-13(9-20)15-4-3-14(19)8-17(15)22-16/h3-9,13,21H,1-2H3. The number of hydrogen-bond acceptors (Lipinski definition) is 3. The third-order valence-corrected chi connectivity index (χ3v) is 4.04. The van der Waals surface area contributed by atoms with Gasteiger partial charge >= 0.3 is 0 Å². The van der Waals surface area contributed by atoms with E-state index in [1.54, 1.807) is 24.3 Å². The summed E-state index contributed by atoms with van der Waals surface area (Å²) in [5.41, 5.74) is 3.15. The van der Waals surface area contributed by atoms with Crippen molar-refractivity contribution in [2.75, 3.05) is 0 Å². The average Bonchev–Trinajstić information content (AvgIpc) is 2.50. The summed E-state index contributed by atoms with van der Waals surface area (Å²) in [6.45, 7) is 3.66. The van der Waals surface area contributed by atoms with Crippen molar-refractivity contribution in [3.63, 3.8) is 0 Å². The minimum Gasteiger partial charge on any atom is -0.507 e. The number of allylic oxidation sites excluding steroid dienone is 1. The summed E-state index contributed by atoms with van der Waals surface area (Å²) >= 11 is 6.01. The van der Waals surface area contributed by atoms with Crippen molar-refractivity contribution in [2.24, 2.45) is 0 Å². The third kappa shape index (κ3) is 2.48. The lowest BCUT2D eigenvalue weighted by atomic mass is 9.94. The van der Waals surface area contributed by atoms with Gasteiger partial charge in [0.05, 0.1) is 5.92 Å². The van der Waals surface area contributed by atoms with Gasteiger partial charge in [-0.3, -0.25) is 0 Å². The molecule has 112 valence electrons. The molecular formula is C18H15ClO3. The fourth-order valence-electron chi connectivity index (χ4n) is 2.64. The summed E-state index contributed by atoms with van der Waals surface area (Å²) in [6.07, 6.45) is 2.67. The molecule has 0 saturated heterocycles. The summed E-state index contributed by atoms with van der Waals surface area (Å²) < 4.78 is 5.92. The first-order chi connectivity index (χ1) is 10.5. The van der Waals surface area contributed by atoms with E-state index >= 15 is 0 Å². The highest BCUT2D eigenvalue weighted by Gasteiger charge is 2.23. The molecule has 1 aliphatic rings. The molecule has 1 atom stereocenters. The van der Waals surface area contributed by atoms with Crippen molar-refractivity contribution in [1.29, 1.82) is 0 Å². The molecule has 1 N–H and O–H groups in total. The van der Waals surface area contributed by atoms with Crippen LogP contribution in [0.2, 0.25) is 5.02 Å². The number of carbonyl (C=O) groups is 1. The highest BCUT2D eigenvalue weighted by Crippen LogP contribution is 2.39. The topological polar surface area (TPSA) is 46.5 Å². The van der Waals surface area contributed by atoms with Crippen LogP contribution in [0.1, 0.15) is 28.2 Å². The molecule has 0 aliphatic carbocycles. The number of carbonyl (C=O) groups excluding carboxylic acids is 1. The minimum absolute atomic E-state index is 0.274. The maximum atomic E-state index is 11.4. The van der Waals surface area contributed by atoms with Crippen LogP contribution in [-0.4, -0.2) is 11.4 Å². The summed E-state index contributed by atoms with van der Waals surface area (Å²) in [6, 6.07) is 8.93. The summed E-state index contributed by atoms with van der Waals surface area (Å²) in [5.74, 6) is 1.09. The van der Waals surface area contributed by atoms with Crippen LogP contribution in [0.3, 0.4) is 0 Å². The number of aromatic hydroxyl groups is 1. The Morgan fingerprint density at radius 2 is 1.86 bits per heavy atom. The molecular weight excluding hydrogens is 300 g/mol. The quantitative estimate of drug-likeness (QED) is 0.837. The zero-order chi connectivity index (χ0) is 15.9. The number of halogens is 1. The van der Waals surface area contributed by atoms with Gasteiger partial charge in [0.2, 0.25) is 0 Å². The maximum Gasteiger partial charge on any atom is 0.133 e. The summed E-state index contributed by atoms with van der Waals surface area (Å²) in [7, 11) is 0. The van der Waals surface area contributed by atoms with Gasteiger partial charge in [0, 0.05) is 16.1 Å². The number of ether oxygens (including phenoxy) is 1. The molecule has 22 heavy (non-hydrogen) atoms. The molecule has 0 bridgehead atoms. The molecule has 1 aliphatic heterocycles. The first kappa shape index (κ1) is 14.7. The molecule has 3 rings (SSSR count). The van der Waals surface area contributed by atoms with Crippen LogP contribution in [0.25, 0.3) is 5.76 Å². The number of aryl methyl sites for hydroxylation is 2. The van der Waals surface area contributed by atoms with Gasteiger partial charge in [0.1, 0.15) is 23.5 Å². The zero-order valence-electron chi connectivity index (χ0n) is 12.3. The van der Waals surface area contributed by atoms with E-state index in [9.17, 15) is 9.90 Å². The van der Waals surface area contributed by atoms with E-state index in [-0.39, 0.29) is 11.7 Å². The smallest absolute Gasteiger partial charge is 0.133 e. The highest BCUT2D eigenvalue weighted by molar-refractivity contribution is 6.30. The van der Waals surface area contributed by atoms with E-state index < -0.39 is 0 Å². The van der Waals surface area contributed by atoms with Crippen LogP contribution < -0.4 is 4.74 Å². The molecule has 0 fully saturated rings. The van der Waals surface area contributed by atoms with Crippen molar-refractivity contribution in [1.82, 2.24) is 0 Å². The van der Waals surface area contributed by atoms with Gasteiger partial charge in [-0.2, -0.15) is 0 Å². The molecule has 0 amide bonds. The monoisotopic (exact) mass is 314 g/mol. The second kappa shape index (κ2) is 5.50. The maximum absolute atomic E-state index is 11.4. The highest BCUT2D eigenvalue weighted by atomic mass is 35.5. The predicted molar refractivity (Wildman–Crippen MR) is 86.4 cm³/mol. The van der Waals surface area contributed by atoms with Crippen LogP contribution in [0.5, 0.6) is 11.5 Å². The van der Waals surface area contributed by atoms with Crippen LogP contribution >= 0.6 is 11.6 Å². The summed E-state index contributed by atoms with van der Waals surface area (Å²) in [4.78, 5) is 11.4. The second-order valence-electron chi connectivity index (χ2n) is 5.44. The molecule has 0 saturated carbocycles. The molecule has 1 heterocycles. The number of rotatable bonds is 2. The minimum atomic E-state index is -0.370. The fraction of sp³-hybridized carbons (Fsp3) is 0.167. The summed E-state index contributed by atoms with van der Waals surface area (Å²) in [5, 5.41) is 10.4. The van der Waals surface area contributed by atoms with Gasteiger partial charge in [-0.05, 0) is 55.3 Å². The number of phenolic OH excluding ortho intramolecular Hbond substituents is 1. The largest absolute Gasteiger partial charge is 0.507 e. The number of benzene rings is 2. The number of hydrogen-bond donors (Lipinski definition) is 1. The van der Waals surface area contributed by atoms with Crippen LogP contribution in [0.15, 0.2) is 36.4 Å². The average molecular weight is 315 g/mol. The van der Waals surface area contributed by atoms with Crippen LogP contribution in [0, 0.1) is 13.8 Å². The van der Waals surface area contributed by atoms with Gasteiger partial charge in [-0.25, -0.2) is 0 Å². The fourth-order valence-corrected chi connectivity index (χ4v) is 2.81. The molecule has 0 radical (unpaired) electrons.